The van der Waals surface area contributed by atoms with Gasteiger partial charge in [-0.2, -0.15) is 5.26 Å². The number of benzene rings is 1. The van der Waals surface area contributed by atoms with Gasteiger partial charge in [-0.1, -0.05) is 6.92 Å². The quantitative estimate of drug-likeness (QED) is 0.704. The van der Waals surface area contributed by atoms with Gasteiger partial charge in [0.05, 0.1) is 34.2 Å². The van der Waals surface area contributed by atoms with Crippen molar-refractivity contribution in [2.45, 2.75) is 43.8 Å². The van der Waals surface area contributed by atoms with E-state index in [0.717, 1.165) is 31.6 Å². The largest absolute Gasteiger partial charge is 0.464 e. The van der Waals surface area contributed by atoms with Crippen molar-refractivity contribution in [2.75, 3.05) is 30.8 Å². The van der Waals surface area contributed by atoms with Crippen LogP contribution in [0.25, 0.3) is 5.69 Å². The fourth-order valence-electron chi connectivity index (χ4n) is 3.76. The summed E-state index contributed by atoms with van der Waals surface area (Å²) in [7, 11) is -2.48. The molecular weight excluding hydrogens is 416 g/mol. The van der Waals surface area contributed by atoms with Crippen LogP contribution in [0.1, 0.15) is 49.7 Å². The van der Waals surface area contributed by atoms with E-state index in [1.807, 2.05) is 6.07 Å². The first kappa shape index (κ1) is 22.7. The molecule has 1 fully saturated rings. The molecule has 3 rings (SSSR count). The lowest BCUT2D eigenvalue weighted by molar-refractivity contribution is 0.0593. The number of esters is 1. The molecule has 1 saturated heterocycles. The van der Waals surface area contributed by atoms with Crippen LogP contribution < -0.4 is 10.6 Å². The Morgan fingerprint density at radius 3 is 2.48 bits per heavy atom. The summed E-state index contributed by atoms with van der Waals surface area (Å²) < 4.78 is 32.5. The van der Waals surface area contributed by atoms with Crippen LogP contribution in [-0.2, 0) is 14.6 Å². The fraction of sp³-hybridized carbons (Fsp3) is 0.455. The zero-order valence-corrected chi connectivity index (χ0v) is 19.1. The van der Waals surface area contributed by atoms with Gasteiger partial charge in [-0.25, -0.2) is 13.2 Å². The Balaban J connectivity index is 2.28. The van der Waals surface area contributed by atoms with Crippen LogP contribution in [0.5, 0.6) is 0 Å². The first-order chi connectivity index (χ1) is 14.6. The van der Waals surface area contributed by atoms with Crippen molar-refractivity contribution in [3.8, 4) is 11.8 Å². The summed E-state index contributed by atoms with van der Waals surface area (Å²) in [5, 5.41) is 8.77. The van der Waals surface area contributed by atoms with Crippen LogP contribution in [0.15, 0.2) is 29.3 Å². The molecule has 0 aliphatic carbocycles. The van der Waals surface area contributed by atoms with Crippen LogP contribution in [0.2, 0.25) is 0 Å². The second-order valence-electron chi connectivity index (χ2n) is 8.19. The normalized spacial score (nSPS) is 15.2. The van der Waals surface area contributed by atoms with E-state index in [2.05, 4.69) is 11.8 Å². The Kier molecular flexibility index (Phi) is 6.32. The topological polar surface area (TPSA) is 118 Å². The Hall–Kier alpha value is -2.99. The summed E-state index contributed by atoms with van der Waals surface area (Å²) in [5.41, 5.74) is 7.14. The Bertz CT molecular complexity index is 1140. The van der Waals surface area contributed by atoms with Crippen LogP contribution >= 0.6 is 0 Å². The summed E-state index contributed by atoms with van der Waals surface area (Å²) >= 11 is 0. The van der Waals surface area contributed by atoms with Gasteiger partial charge in [0.25, 0.3) is 0 Å². The monoisotopic (exact) mass is 444 g/mol. The molecule has 0 radical (unpaired) electrons. The predicted octanol–water partition coefficient (Wildman–Crippen LogP) is 3.14. The summed E-state index contributed by atoms with van der Waals surface area (Å²) in [4.78, 5) is 14.8. The van der Waals surface area contributed by atoms with Gasteiger partial charge in [-0.3, -0.25) is 0 Å². The molecule has 0 saturated carbocycles. The number of nitriles is 1. The lowest BCUT2D eigenvalue weighted by Crippen LogP contribution is -2.33. The molecular formula is C22H28N4O4S. The van der Waals surface area contributed by atoms with Crippen LogP contribution in [-0.4, -0.2) is 44.4 Å². The maximum absolute atomic E-state index is 13.1. The van der Waals surface area contributed by atoms with Crippen LogP contribution in [0, 0.1) is 17.2 Å². The highest BCUT2D eigenvalue weighted by molar-refractivity contribution is 7.92. The predicted molar refractivity (Wildman–Crippen MR) is 119 cm³/mol. The number of carbonyl (C=O) groups is 1. The third-order valence-corrected chi connectivity index (χ3v) is 8.02. The van der Waals surface area contributed by atoms with Gasteiger partial charge in [0, 0.05) is 25.0 Å². The van der Waals surface area contributed by atoms with E-state index in [0.29, 0.717) is 5.92 Å². The second-order valence-corrected chi connectivity index (χ2v) is 10.7. The molecule has 1 aromatic carbocycles. The molecule has 166 valence electrons. The molecule has 0 bridgehead atoms. The SMILES string of the molecule is COC(=O)c1c(N)c(C#N)cn1-c1cc(N2CCC(C)CC2)ccc1S(=O)(=O)C(C)C. The maximum atomic E-state index is 13.1. The first-order valence-electron chi connectivity index (χ1n) is 10.2. The summed E-state index contributed by atoms with van der Waals surface area (Å²) in [6.45, 7) is 7.14. The van der Waals surface area contributed by atoms with Crippen LogP contribution in [0.3, 0.4) is 0 Å². The lowest BCUT2D eigenvalue weighted by atomic mass is 9.99. The molecule has 0 atom stereocenters. The minimum atomic E-state index is -3.69. The Morgan fingerprint density at radius 2 is 1.94 bits per heavy atom. The van der Waals surface area contributed by atoms with E-state index < -0.39 is 21.1 Å². The number of hydrogen-bond acceptors (Lipinski definition) is 7. The highest BCUT2D eigenvalue weighted by Gasteiger charge is 2.29. The maximum Gasteiger partial charge on any atom is 0.357 e. The van der Waals surface area contributed by atoms with E-state index in [4.69, 9.17) is 10.5 Å². The van der Waals surface area contributed by atoms with Gasteiger partial charge in [0.1, 0.15) is 6.07 Å². The molecule has 2 heterocycles. The molecule has 2 N–H and O–H groups in total. The molecule has 0 unspecified atom stereocenters. The number of piperidine rings is 1. The molecule has 2 aromatic rings. The van der Waals surface area contributed by atoms with Crippen molar-refractivity contribution in [2.24, 2.45) is 5.92 Å². The molecule has 9 heteroatoms. The minimum absolute atomic E-state index is 0.0422. The number of rotatable bonds is 5. The average Bonchev–Trinajstić information content (AvgIpc) is 3.09. The van der Waals surface area contributed by atoms with Gasteiger partial charge in [-0.05, 0) is 50.8 Å². The number of ether oxygens (including phenoxy) is 1. The van der Waals surface area contributed by atoms with Gasteiger partial charge >= 0.3 is 5.97 Å². The summed E-state index contributed by atoms with van der Waals surface area (Å²) in [6, 6.07) is 7.07. The Morgan fingerprint density at radius 1 is 1.29 bits per heavy atom. The third kappa shape index (κ3) is 4.12. The number of methoxy groups -OCH3 is 1. The van der Waals surface area contributed by atoms with Crippen molar-refractivity contribution in [1.29, 1.82) is 5.26 Å². The first-order valence-corrected chi connectivity index (χ1v) is 11.8. The van der Waals surface area contributed by atoms with E-state index in [1.165, 1.54) is 17.9 Å². The van der Waals surface area contributed by atoms with Crippen molar-refractivity contribution in [3.63, 3.8) is 0 Å². The number of sulfone groups is 1. The van der Waals surface area contributed by atoms with Gasteiger partial charge in [0.15, 0.2) is 15.5 Å². The number of nitrogens with two attached hydrogens (primary N) is 1. The third-order valence-electron chi connectivity index (χ3n) is 5.82. The molecule has 8 nitrogen and oxygen atoms in total. The van der Waals surface area contributed by atoms with Gasteiger partial charge in [0.2, 0.25) is 0 Å². The number of aromatic nitrogens is 1. The van der Waals surface area contributed by atoms with Crippen molar-refractivity contribution < 1.29 is 17.9 Å². The molecule has 1 aromatic heterocycles. The van der Waals surface area contributed by atoms with E-state index in [1.54, 1.807) is 32.0 Å². The van der Waals surface area contributed by atoms with E-state index >= 15 is 0 Å². The Labute approximate surface area is 183 Å². The minimum Gasteiger partial charge on any atom is -0.464 e. The number of anilines is 2. The number of carbonyl (C=O) groups excluding carboxylic acids is 1. The molecule has 1 aliphatic heterocycles. The van der Waals surface area contributed by atoms with E-state index in [-0.39, 0.29) is 27.5 Å². The standard InChI is InChI=1S/C22H28N4O4S/c1-14(2)31(28,29)19-6-5-17(25-9-7-15(3)8-10-25)11-18(19)26-13-16(12-23)20(24)21(26)22(27)30-4/h5-6,11,13-15H,7-10,24H2,1-4H3. The average molecular weight is 445 g/mol. The smallest absolute Gasteiger partial charge is 0.357 e. The van der Waals surface area contributed by atoms with Crippen LogP contribution in [0.4, 0.5) is 11.4 Å². The van der Waals surface area contributed by atoms with Crippen molar-refractivity contribution in [1.82, 2.24) is 4.57 Å². The zero-order valence-electron chi connectivity index (χ0n) is 18.3. The van der Waals surface area contributed by atoms with Gasteiger partial charge in [-0.15, -0.1) is 0 Å². The number of nitrogen functional groups attached to an aromatic ring is 1. The summed E-state index contributed by atoms with van der Waals surface area (Å²) in [5.74, 6) is -0.103. The molecule has 0 spiro atoms. The highest BCUT2D eigenvalue weighted by Crippen LogP contribution is 2.34. The number of hydrogen-bond donors (Lipinski definition) is 1. The fourth-order valence-corrected chi connectivity index (χ4v) is 4.97. The van der Waals surface area contributed by atoms with Gasteiger partial charge < -0.3 is 19.9 Å². The second kappa shape index (κ2) is 8.63. The zero-order chi connectivity index (χ0) is 22.9. The molecule has 1 aliphatic rings. The lowest BCUT2D eigenvalue weighted by Gasteiger charge is -2.32. The summed E-state index contributed by atoms with van der Waals surface area (Å²) in [6.07, 6.45) is 3.48. The molecule has 31 heavy (non-hydrogen) atoms. The van der Waals surface area contributed by atoms with Crippen molar-refractivity contribution in [3.05, 3.63) is 35.7 Å². The molecule has 0 amide bonds. The highest BCUT2D eigenvalue weighted by atomic mass is 32.2. The van der Waals surface area contributed by atoms with Crippen molar-refractivity contribution >= 4 is 27.2 Å². The number of nitrogens with zero attached hydrogens (tertiary/aromatic N) is 3. The van der Waals surface area contributed by atoms with E-state index in [9.17, 15) is 18.5 Å².